The predicted molar refractivity (Wildman–Crippen MR) is 50.9 cm³/mol. The molecule has 0 saturated heterocycles. The zero-order chi connectivity index (χ0) is 9.68. The van der Waals surface area contributed by atoms with Crippen molar-refractivity contribution in [3.8, 4) is 6.07 Å². The van der Waals surface area contributed by atoms with E-state index >= 15 is 0 Å². The fourth-order valence-corrected chi connectivity index (χ4v) is 1.95. The van der Waals surface area contributed by atoms with E-state index < -0.39 is 0 Å². The molecule has 3 nitrogen and oxygen atoms in total. The summed E-state index contributed by atoms with van der Waals surface area (Å²) >= 11 is 0. The van der Waals surface area contributed by atoms with E-state index in [1.165, 1.54) is 19.3 Å². The van der Waals surface area contributed by atoms with Gasteiger partial charge in [-0.1, -0.05) is 6.42 Å². The summed E-state index contributed by atoms with van der Waals surface area (Å²) in [6, 6.07) is 2.07. The van der Waals surface area contributed by atoms with Crippen LogP contribution in [-0.2, 0) is 4.74 Å². The molecule has 1 fully saturated rings. The molecule has 1 saturated carbocycles. The van der Waals surface area contributed by atoms with Crippen molar-refractivity contribution in [1.29, 1.82) is 5.26 Å². The van der Waals surface area contributed by atoms with Crippen LogP contribution in [0.3, 0.4) is 0 Å². The van der Waals surface area contributed by atoms with Gasteiger partial charge in [-0.25, -0.2) is 0 Å². The fraction of sp³-hybridized carbons (Fsp3) is 0.900. The van der Waals surface area contributed by atoms with Crippen LogP contribution >= 0.6 is 0 Å². The summed E-state index contributed by atoms with van der Waals surface area (Å²) in [4.78, 5) is 0. The average Bonchev–Trinajstić information content (AvgIpc) is 2.61. The molecule has 3 unspecified atom stereocenters. The highest BCUT2D eigenvalue weighted by atomic mass is 16.5. The van der Waals surface area contributed by atoms with E-state index in [1.807, 2.05) is 0 Å². The van der Waals surface area contributed by atoms with Gasteiger partial charge in [0.2, 0.25) is 0 Å². The summed E-state index contributed by atoms with van der Waals surface area (Å²) in [7, 11) is 0. The minimum absolute atomic E-state index is 0.279. The van der Waals surface area contributed by atoms with Gasteiger partial charge in [-0.15, -0.1) is 0 Å². The van der Waals surface area contributed by atoms with E-state index in [2.05, 4.69) is 6.07 Å². The zero-order valence-corrected chi connectivity index (χ0v) is 8.20. The maximum atomic E-state index is 8.53. The number of nitriles is 1. The number of ether oxygens (including phenoxy) is 1. The van der Waals surface area contributed by atoms with Crippen LogP contribution in [0, 0.1) is 23.2 Å². The Labute approximate surface area is 79.9 Å². The lowest BCUT2D eigenvalue weighted by atomic mass is 9.97. The SMILES string of the molecule is CC(C#N)OCC1CCCC1CN. The van der Waals surface area contributed by atoms with Crippen molar-refractivity contribution < 1.29 is 4.74 Å². The molecule has 74 valence electrons. The molecule has 0 aliphatic heterocycles. The van der Waals surface area contributed by atoms with Crippen LogP contribution in [0.1, 0.15) is 26.2 Å². The highest BCUT2D eigenvalue weighted by Gasteiger charge is 2.26. The molecule has 0 radical (unpaired) electrons. The first-order valence-electron chi connectivity index (χ1n) is 4.99. The van der Waals surface area contributed by atoms with Gasteiger partial charge in [0.15, 0.2) is 0 Å². The summed E-state index contributed by atoms with van der Waals surface area (Å²) in [5.41, 5.74) is 5.64. The Morgan fingerprint density at radius 3 is 2.85 bits per heavy atom. The zero-order valence-electron chi connectivity index (χ0n) is 8.20. The summed E-state index contributed by atoms with van der Waals surface area (Å²) in [5, 5.41) is 8.53. The van der Waals surface area contributed by atoms with E-state index in [9.17, 15) is 0 Å². The number of hydrogen-bond acceptors (Lipinski definition) is 3. The predicted octanol–water partition coefficient (Wildman–Crippen LogP) is 1.29. The van der Waals surface area contributed by atoms with Crippen LogP contribution in [0.15, 0.2) is 0 Å². The molecule has 0 aromatic heterocycles. The smallest absolute Gasteiger partial charge is 0.141 e. The normalized spacial score (nSPS) is 29.9. The largest absolute Gasteiger partial charge is 0.363 e. The molecule has 1 rings (SSSR count). The van der Waals surface area contributed by atoms with E-state index in [-0.39, 0.29) is 6.10 Å². The van der Waals surface area contributed by atoms with E-state index in [1.54, 1.807) is 6.92 Å². The van der Waals surface area contributed by atoms with Gasteiger partial charge >= 0.3 is 0 Å². The monoisotopic (exact) mass is 182 g/mol. The van der Waals surface area contributed by atoms with Gasteiger partial charge in [-0.05, 0) is 38.1 Å². The molecule has 0 aromatic carbocycles. The van der Waals surface area contributed by atoms with Crippen LogP contribution < -0.4 is 5.73 Å². The molecular weight excluding hydrogens is 164 g/mol. The molecule has 13 heavy (non-hydrogen) atoms. The van der Waals surface area contributed by atoms with E-state index in [0.29, 0.717) is 18.4 Å². The third kappa shape index (κ3) is 2.98. The van der Waals surface area contributed by atoms with Crippen molar-refractivity contribution in [2.24, 2.45) is 17.6 Å². The maximum Gasteiger partial charge on any atom is 0.141 e. The third-order valence-electron chi connectivity index (χ3n) is 2.86. The van der Waals surface area contributed by atoms with E-state index in [0.717, 1.165) is 6.54 Å². The molecule has 1 aliphatic rings. The molecular formula is C10H18N2O. The first-order chi connectivity index (χ1) is 6.27. The van der Waals surface area contributed by atoms with Gasteiger partial charge in [0, 0.05) is 0 Å². The van der Waals surface area contributed by atoms with Crippen molar-refractivity contribution in [3.63, 3.8) is 0 Å². The third-order valence-corrected chi connectivity index (χ3v) is 2.86. The van der Waals surface area contributed by atoms with E-state index in [4.69, 9.17) is 15.7 Å². The molecule has 0 amide bonds. The second-order valence-electron chi connectivity index (χ2n) is 3.79. The molecule has 2 N–H and O–H groups in total. The van der Waals surface area contributed by atoms with Crippen LogP contribution in [0.5, 0.6) is 0 Å². The molecule has 0 heterocycles. The number of rotatable bonds is 4. The van der Waals surface area contributed by atoms with Crippen LogP contribution in [0.4, 0.5) is 0 Å². The fourth-order valence-electron chi connectivity index (χ4n) is 1.95. The van der Waals surface area contributed by atoms with Gasteiger partial charge in [-0.3, -0.25) is 0 Å². The Morgan fingerprint density at radius 2 is 2.23 bits per heavy atom. The van der Waals surface area contributed by atoms with Crippen molar-refractivity contribution in [2.75, 3.05) is 13.2 Å². The van der Waals surface area contributed by atoms with Gasteiger partial charge in [0.1, 0.15) is 6.10 Å². The quantitative estimate of drug-likeness (QED) is 0.712. The summed E-state index contributed by atoms with van der Waals surface area (Å²) in [5.74, 6) is 1.20. The van der Waals surface area contributed by atoms with Crippen LogP contribution in [0.2, 0.25) is 0 Å². The van der Waals surface area contributed by atoms with Crippen LogP contribution in [-0.4, -0.2) is 19.3 Å². The van der Waals surface area contributed by atoms with Crippen LogP contribution in [0.25, 0.3) is 0 Å². The molecule has 0 bridgehead atoms. The standard InChI is InChI=1S/C10H18N2O/c1-8(5-11)13-7-10-4-2-3-9(10)6-12/h8-10H,2-4,6-7,12H2,1H3. The summed E-state index contributed by atoms with van der Waals surface area (Å²) in [6.07, 6.45) is 3.42. The van der Waals surface area contributed by atoms with Gasteiger partial charge in [-0.2, -0.15) is 5.26 Å². The number of nitrogens with zero attached hydrogens (tertiary/aromatic N) is 1. The average molecular weight is 182 g/mol. The summed E-state index contributed by atoms with van der Waals surface area (Å²) < 4.78 is 5.39. The van der Waals surface area contributed by atoms with Crippen molar-refractivity contribution >= 4 is 0 Å². The Hall–Kier alpha value is -0.590. The Kier molecular flexibility index (Phi) is 4.20. The lowest BCUT2D eigenvalue weighted by Crippen LogP contribution is -2.23. The van der Waals surface area contributed by atoms with Gasteiger partial charge < -0.3 is 10.5 Å². The Balaban J connectivity index is 2.24. The first-order valence-corrected chi connectivity index (χ1v) is 4.99. The lowest BCUT2D eigenvalue weighted by Gasteiger charge is -2.18. The molecule has 0 spiro atoms. The second kappa shape index (κ2) is 5.21. The van der Waals surface area contributed by atoms with Gasteiger partial charge in [0.25, 0.3) is 0 Å². The first kappa shape index (κ1) is 10.5. The van der Waals surface area contributed by atoms with Crippen molar-refractivity contribution in [2.45, 2.75) is 32.3 Å². The maximum absolute atomic E-state index is 8.53. The molecule has 3 heteroatoms. The van der Waals surface area contributed by atoms with Gasteiger partial charge in [0.05, 0.1) is 12.7 Å². The van der Waals surface area contributed by atoms with Crippen molar-refractivity contribution in [1.82, 2.24) is 0 Å². The Morgan fingerprint density at radius 1 is 1.54 bits per heavy atom. The lowest BCUT2D eigenvalue weighted by molar-refractivity contribution is 0.0610. The second-order valence-corrected chi connectivity index (χ2v) is 3.79. The highest BCUT2D eigenvalue weighted by molar-refractivity contribution is 4.82. The summed E-state index contributed by atoms with van der Waals surface area (Å²) in [6.45, 7) is 3.25. The molecule has 1 aliphatic carbocycles. The topological polar surface area (TPSA) is 59.0 Å². The number of hydrogen-bond donors (Lipinski definition) is 1. The van der Waals surface area contributed by atoms with Crippen molar-refractivity contribution in [3.05, 3.63) is 0 Å². The minimum atomic E-state index is -0.279. The molecule has 0 aromatic rings. The number of nitrogens with two attached hydrogens (primary N) is 1. The highest BCUT2D eigenvalue weighted by Crippen LogP contribution is 2.31. The minimum Gasteiger partial charge on any atom is -0.363 e. The Bertz CT molecular complexity index is 188. The molecule has 3 atom stereocenters.